The number of fused-ring (bicyclic) bond motifs is 1. The van der Waals surface area contributed by atoms with Crippen LogP contribution in [-0.2, 0) is 4.74 Å². The molecule has 0 amide bonds. The molecule has 1 fully saturated rings. The molecular formula is C19H24ClN5O. The zero-order valence-corrected chi connectivity index (χ0v) is 15.5. The van der Waals surface area contributed by atoms with Crippen LogP contribution in [0.4, 0.5) is 5.82 Å². The van der Waals surface area contributed by atoms with Gasteiger partial charge >= 0.3 is 0 Å². The number of rotatable bonds is 6. The molecule has 0 unspecified atom stereocenters. The monoisotopic (exact) mass is 373 g/mol. The molecule has 0 spiro atoms. The molecule has 1 aromatic carbocycles. The summed E-state index contributed by atoms with van der Waals surface area (Å²) < 4.78 is 7.28. The molecule has 0 bridgehead atoms. The van der Waals surface area contributed by atoms with Gasteiger partial charge in [-0.1, -0.05) is 30.3 Å². The maximum absolute atomic E-state index is 5.38. The number of ether oxygens (including phenoxy) is 1. The number of nitrogens with one attached hydrogen (secondary N) is 1. The van der Waals surface area contributed by atoms with Crippen LogP contribution in [-0.4, -0.2) is 58.9 Å². The van der Waals surface area contributed by atoms with Gasteiger partial charge in [0.1, 0.15) is 5.82 Å². The summed E-state index contributed by atoms with van der Waals surface area (Å²) >= 11 is 0. The first kappa shape index (κ1) is 18.6. The van der Waals surface area contributed by atoms with Crippen LogP contribution in [0.5, 0.6) is 0 Å². The van der Waals surface area contributed by atoms with Crippen molar-refractivity contribution in [3.8, 4) is 11.3 Å². The van der Waals surface area contributed by atoms with E-state index in [1.54, 1.807) is 0 Å². The Morgan fingerprint density at radius 2 is 1.85 bits per heavy atom. The highest BCUT2D eigenvalue weighted by Gasteiger charge is 2.10. The summed E-state index contributed by atoms with van der Waals surface area (Å²) in [6.45, 7) is 5.80. The third-order valence-electron chi connectivity index (χ3n) is 4.49. The number of hydrogen-bond donors (Lipinski definition) is 1. The van der Waals surface area contributed by atoms with Crippen LogP contribution in [0.1, 0.15) is 6.42 Å². The largest absolute Gasteiger partial charge is 0.379 e. The van der Waals surface area contributed by atoms with E-state index < -0.39 is 0 Å². The first-order valence-corrected chi connectivity index (χ1v) is 8.84. The van der Waals surface area contributed by atoms with Crippen LogP contribution < -0.4 is 5.32 Å². The lowest BCUT2D eigenvalue weighted by Gasteiger charge is -2.26. The molecule has 4 rings (SSSR count). The van der Waals surface area contributed by atoms with E-state index in [0.29, 0.717) is 0 Å². The first-order valence-electron chi connectivity index (χ1n) is 8.84. The Hall–Kier alpha value is -2.15. The van der Waals surface area contributed by atoms with Gasteiger partial charge in [-0.2, -0.15) is 0 Å². The molecule has 0 atom stereocenters. The van der Waals surface area contributed by atoms with Crippen molar-refractivity contribution >= 4 is 23.9 Å². The maximum atomic E-state index is 5.38. The van der Waals surface area contributed by atoms with Crippen molar-refractivity contribution in [2.45, 2.75) is 6.42 Å². The second-order valence-corrected chi connectivity index (χ2v) is 6.23. The molecule has 3 aromatic rings. The van der Waals surface area contributed by atoms with Gasteiger partial charge in [0, 0.05) is 25.2 Å². The smallest absolute Gasteiger partial charge is 0.154 e. The van der Waals surface area contributed by atoms with E-state index in [4.69, 9.17) is 9.84 Å². The van der Waals surface area contributed by atoms with Gasteiger partial charge < -0.3 is 10.1 Å². The molecule has 26 heavy (non-hydrogen) atoms. The lowest BCUT2D eigenvalue weighted by atomic mass is 10.2. The quantitative estimate of drug-likeness (QED) is 0.673. The third-order valence-corrected chi connectivity index (χ3v) is 4.49. The molecule has 1 saturated heterocycles. The van der Waals surface area contributed by atoms with E-state index in [1.807, 2.05) is 41.0 Å². The first-order chi connectivity index (χ1) is 12.4. The molecular weight excluding hydrogens is 350 g/mol. The van der Waals surface area contributed by atoms with Crippen LogP contribution >= 0.6 is 12.4 Å². The van der Waals surface area contributed by atoms with Crippen molar-refractivity contribution in [1.29, 1.82) is 0 Å². The van der Waals surface area contributed by atoms with Crippen molar-refractivity contribution in [1.82, 2.24) is 19.5 Å². The zero-order chi connectivity index (χ0) is 16.9. The third kappa shape index (κ3) is 4.33. The summed E-state index contributed by atoms with van der Waals surface area (Å²) in [5, 5.41) is 8.13. The number of imidazole rings is 1. The van der Waals surface area contributed by atoms with E-state index in [1.165, 1.54) is 0 Å². The summed E-state index contributed by atoms with van der Waals surface area (Å²) in [6, 6.07) is 14.2. The van der Waals surface area contributed by atoms with Gasteiger partial charge in [0.25, 0.3) is 0 Å². The number of aromatic nitrogens is 3. The predicted molar refractivity (Wildman–Crippen MR) is 106 cm³/mol. The molecule has 1 aliphatic heterocycles. The summed E-state index contributed by atoms with van der Waals surface area (Å²) in [5.74, 6) is 0.879. The molecule has 1 aliphatic rings. The van der Waals surface area contributed by atoms with Crippen LogP contribution in [0.25, 0.3) is 16.9 Å². The Balaban J connectivity index is 0.00000196. The summed E-state index contributed by atoms with van der Waals surface area (Å²) in [6.07, 6.45) is 2.97. The number of halogens is 1. The second kappa shape index (κ2) is 8.98. The van der Waals surface area contributed by atoms with E-state index >= 15 is 0 Å². The average Bonchev–Trinajstić information content (AvgIpc) is 3.10. The van der Waals surface area contributed by atoms with Gasteiger partial charge in [-0.15, -0.1) is 17.5 Å². The highest BCUT2D eigenvalue weighted by Crippen LogP contribution is 2.20. The Kier molecular flexibility index (Phi) is 6.44. The fourth-order valence-corrected chi connectivity index (χ4v) is 3.12. The molecule has 0 aliphatic carbocycles. The molecule has 3 heterocycles. The molecule has 7 heteroatoms. The van der Waals surface area contributed by atoms with E-state index in [0.717, 1.165) is 68.5 Å². The van der Waals surface area contributed by atoms with Crippen LogP contribution in [0.15, 0.2) is 48.7 Å². The van der Waals surface area contributed by atoms with E-state index in [2.05, 4.69) is 27.3 Å². The fourth-order valence-electron chi connectivity index (χ4n) is 3.12. The van der Waals surface area contributed by atoms with Crippen molar-refractivity contribution in [3.63, 3.8) is 0 Å². The highest BCUT2D eigenvalue weighted by molar-refractivity contribution is 5.85. The molecule has 2 aromatic heterocycles. The number of benzene rings is 1. The van der Waals surface area contributed by atoms with Gasteiger partial charge in [0.2, 0.25) is 0 Å². The van der Waals surface area contributed by atoms with Crippen molar-refractivity contribution < 1.29 is 4.74 Å². The predicted octanol–water partition coefficient (Wildman–Crippen LogP) is 2.95. The Morgan fingerprint density at radius 3 is 2.65 bits per heavy atom. The Bertz CT molecular complexity index is 817. The minimum absolute atomic E-state index is 0. The van der Waals surface area contributed by atoms with E-state index in [9.17, 15) is 0 Å². The van der Waals surface area contributed by atoms with Crippen molar-refractivity contribution in [2.24, 2.45) is 0 Å². The lowest BCUT2D eigenvalue weighted by Crippen LogP contribution is -2.37. The minimum Gasteiger partial charge on any atom is -0.379 e. The van der Waals surface area contributed by atoms with Crippen LogP contribution in [0.2, 0.25) is 0 Å². The highest BCUT2D eigenvalue weighted by atomic mass is 35.5. The Labute approximate surface area is 159 Å². The van der Waals surface area contributed by atoms with Crippen molar-refractivity contribution in [2.75, 3.05) is 44.7 Å². The topological polar surface area (TPSA) is 54.7 Å². The molecule has 1 N–H and O–H groups in total. The van der Waals surface area contributed by atoms with Gasteiger partial charge in [-0.3, -0.25) is 4.90 Å². The number of nitrogens with zero attached hydrogens (tertiary/aromatic N) is 4. The van der Waals surface area contributed by atoms with Gasteiger partial charge in [0.05, 0.1) is 25.1 Å². The molecule has 0 radical (unpaired) electrons. The van der Waals surface area contributed by atoms with Crippen LogP contribution in [0.3, 0.4) is 0 Å². The normalized spacial score (nSPS) is 14.9. The lowest BCUT2D eigenvalue weighted by molar-refractivity contribution is 0.0378. The van der Waals surface area contributed by atoms with Gasteiger partial charge in [0.15, 0.2) is 5.65 Å². The SMILES string of the molecule is Cl.c1ccc(-c2cnc3ccc(NCCCN4CCOCC4)nn23)cc1. The summed E-state index contributed by atoms with van der Waals surface area (Å²) in [4.78, 5) is 6.90. The van der Waals surface area contributed by atoms with E-state index in [-0.39, 0.29) is 12.4 Å². The zero-order valence-electron chi connectivity index (χ0n) is 14.7. The summed E-state index contributed by atoms with van der Waals surface area (Å²) in [5.41, 5.74) is 2.98. The molecule has 6 nitrogen and oxygen atoms in total. The van der Waals surface area contributed by atoms with Crippen LogP contribution in [0, 0.1) is 0 Å². The summed E-state index contributed by atoms with van der Waals surface area (Å²) in [7, 11) is 0. The fraction of sp³-hybridized carbons (Fsp3) is 0.368. The minimum atomic E-state index is 0. The number of anilines is 1. The van der Waals surface area contributed by atoms with Gasteiger partial charge in [-0.25, -0.2) is 9.50 Å². The van der Waals surface area contributed by atoms with Crippen molar-refractivity contribution in [3.05, 3.63) is 48.7 Å². The van der Waals surface area contributed by atoms with Gasteiger partial charge in [-0.05, 0) is 25.1 Å². The molecule has 138 valence electrons. The standard InChI is InChI=1S/C19H23N5O.ClH/c1-2-5-16(6-3-1)17-15-21-19-8-7-18(22-24(17)19)20-9-4-10-23-11-13-25-14-12-23;/h1-3,5-8,15H,4,9-14H2,(H,20,22);1H. The maximum Gasteiger partial charge on any atom is 0.154 e. The average molecular weight is 374 g/mol. The number of morpholine rings is 1. The molecule has 0 saturated carbocycles. The number of hydrogen-bond acceptors (Lipinski definition) is 5. The Morgan fingerprint density at radius 1 is 1.04 bits per heavy atom. The second-order valence-electron chi connectivity index (χ2n) is 6.23.